The number of piperidine rings is 1. The van der Waals surface area contributed by atoms with Crippen LogP contribution in [0.1, 0.15) is 18.4 Å². The zero-order chi connectivity index (χ0) is 17.0. The van der Waals surface area contributed by atoms with Crippen molar-refractivity contribution in [2.45, 2.75) is 19.3 Å². The van der Waals surface area contributed by atoms with Crippen LogP contribution in [0.15, 0.2) is 18.2 Å². The Hall–Kier alpha value is -1.30. The second-order valence-electron chi connectivity index (χ2n) is 5.86. The smallest absolute Gasteiger partial charge is 0.313 e. The summed E-state index contributed by atoms with van der Waals surface area (Å²) in [5, 5.41) is 10.4. The highest BCUT2D eigenvalue weighted by Gasteiger charge is 2.43. The standard InChI is InChI=1S/C16H19Cl2NO4/c1-23-10-16(15(21)22)5-2-6-19(9-16)14(20)8-11-3-4-12(17)13(18)7-11/h3-4,7H,2,5-6,8-10H2,1H3,(H,21,22). The largest absolute Gasteiger partial charge is 0.481 e. The van der Waals surface area contributed by atoms with E-state index in [1.807, 2.05) is 0 Å². The molecule has 1 aromatic carbocycles. The third-order valence-corrected chi connectivity index (χ3v) is 4.88. The molecule has 23 heavy (non-hydrogen) atoms. The first kappa shape index (κ1) is 18.0. The van der Waals surface area contributed by atoms with Crippen molar-refractivity contribution in [3.8, 4) is 0 Å². The van der Waals surface area contributed by atoms with Crippen LogP contribution in [-0.4, -0.2) is 48.7 Å². The fraction of sp³-hybridized carbons (Fsp3) is 0.500. The molecule has 1 amide bonds. The van der Waals surface area contributed by atoms with Crippen molar-refractivity contribution in [3.63, 3.8) is 0 Å². The predicted molar refractivity (Wildman–Crippen MR) is 87.9 cm³/mol. The number of amides is 1. The first-order valence-corrected chi connectivity index (χ1v) is 8.07. The van der Waals surface area contributed by atoms with E-state index in [2.05, 4.69) is 0 Å². The van der Waals surface area contributed by atoms with Gasteiger partial charge in [-0.05, 0) is 30.5 Å². The first-order chi connectivity index (χ1) is 10.9. The average molecular weight is 360 g/mol. The van der Waals surface area contributed by atoms with Gasteiger partial charge in [0.25, 0.3) is 0 Å². The monoisotopic (exact) mass is 359 g/mol. The van der Waals surface area contributed by atoms with Gasteiger partial charge in [-0.15, -0.1) is 0 Å². The lowest BCUT2D eigenvalue weighted by molar-refractivity contribution is -0.159. The van der Waals surface area contributed by atoms with Gasteiger partial charge < -0.3 is 14.7 Å². The van der Waals surface area contributed by atoms with Gasteiger partial charge in [0.2, 0.25) is 5.91 Å². The van der Waals surface area contributed by atoms with Crippen LogP contribution in [-0.2, 0) is 20.7 Å². The number of likely N-dealkylation sites (tertiary alicyclic amines) is 1. The molecule has 0 saturated carbocycles. The summed E-state index contributed by atoms with van der Waals surface area (Å²) in [6, 6.07) is 5.05. The summed E-state index contributed by atoms with van der Waals surface area (Å²) in [5.74, 6) is -1.05. The van der Waals surface area contributed by atoms with Crippen LogP contribution in [0.3, 0.4) is 0 Å². The van der Waals surface area contributed by atoms with E-state index in [0.717, 1.165) is 5.56 Å². The van der Waals surface area contributed by atoms with Crippen LogP contribution >= 0.6 is 23.2 Å². The highest BCUT2D eigenvalue weighted by atomic mass is 35.5. The lowest BCUT2D eigenvalue weighted by Crippen LogP contribution is -2.52. The maximum atomic E-state index is 12.5. The summed E-state index contributed by atoms with van der Waals surface area (Å²) in [4.78, 5) is 25.7. The molecule has 0 aromatic heterocycles. The van der Waals surface area contributed by atoms with E-state index in [-0.39, 0.29) is 25.5 Å². The van der Waals surface area contributed by atoms with Crippen molar-refractivity contribution in [3.05, 3.63) is 33.8 Å². The zero-order valence-corrected chi connectivity index (χ0v) is 14.4. The maximum absolute atomic E-state index is 12.5. The number of carboxylic acids is 1. The number of benzene rings is 1. The molecule has 1 heterocycles. The molecule has 1 unspecified atom stereocenters. The Morgan fingerprint density at radius 2 is 2.09 bits per heavy atom. The second kappa shape index (κ2) is 7.51. The Bertz CT molecular complexity index is 604. The van der Waals surface area contributed by atoms with Crippen molar-refractivity contribution in [2.75, 3.05) is 26.8 Å². The summed E-state index contributed by atoms with van der Waals surface area (Å²) in [6.45, 7) is 0.814. The summed E-state index contributed by atoms with van der Waals surface area (Å²) in [6.07, 6.45) is 1.31. The van der Waals surface area contributed by atoms with Crippen LogP contribution in [0.5, 0.6) is 0 Å². The minimum atomic E-state index is -1.03. The second-order valence-corrected chi connectivity index (χ2v) is 6.68. The number of hydrogen-bond donors (Lipinski definition) is 1. The van der Waals surface area contributed by atoms with Crippen LogP contribution in [0.2, 0.25) is 10.0 Å². The van der Waals surface area contributed by atoms with E-state index in [0.29, 0.717) is 29.4 Å². The van der Waals surface area contributed by atoms with E-state index in [1.54, 1.807) is 23.1 Å². The van der Waals surface area contributed by atoms with Gasteiger partial charge in [0, 0.05) is 20.2 Å². The van der Waals surface area contributed by atoms with E-state index < -0.39 is 11.4 Å². The highest BCUT2D eigenvalue weighted by molar-refractivity contribution is 6.42. The van der Waals surface area contributed by atoms with E-state index in [9.17, 15) is 14.7 Å². The molecule has 7 heteroatoms. The molecule has 1 atom stereocenters. The van der Waals surface area contributed by atoms with Crippen LogP contribution < -0.4 is 0 Å². The number of carbonyl (C=O) groups excluding carboxylic acids is 1. The Kier molecular flexibility index (Phi) is 5.89. The molecular formula is C16H19Cl2NO4. The lowest BCUT2D eigenvalue weighted by Gasteiger charge is -2.39. The van der Waals surface area contributed by atoms with Crippen LogP contribution in [0.25, 0.3) is 0 Å². The number of carbonyl (C=O) groups is 2. The fourth-order valence-corrected chi connectivity index (χ4v) is 3.23. The van der Waals surface area contributed by atoms with Crippen molar-refractivity contribution in [1.82, 2.24) is 4.90 Å². The number of rotatable bonds is 5. The number of methoxy groups -OCH3 is 1. The van der Waals surface area contributed by atoms with Gasteiger partial charge in [-0.2, -0.15) is 0 Å². The number of aliphatic carboxylic acids is 1. The van der Waals surface area contributed by atoms with E-state index in [1.165, 1.54) is 7.11 Å². The van der Waals surface area contributed by atoms with Crippen molar-refractivity contribution >= 4 is 35.1 Å². The summed E-state index contributed by atoms with van der Waals surface area (Å²) < 4.78 is 5.07. The number of nitrogens with zero attached hydrogens (tertiary/aromatic N) is 1. The molecule has 126 valence electrons. The van der Waals surface area contributed by atoms with Crippen molar-refractivity contribution in [1.29, 1.82) is 0 Å². The number of carboxylic acid groups (broad SMARTS) is 1. The molecule has 1 aliphatic heterocycles. The van der Waals surface area contributed by atoms with Gasteiger partial charge in [0.15, 0.2) is 0 Å². The van der Waals surface area contributed by atoms with Gasteiger partial charge >= 0.3 is 5.97 Å². The quantitative estimate of drug-likeness (QED) is 0.877. The lowest BCUT2D eigenvalue weighted by atomic mass is 9.80. The Labute approximate surface area is 145 Å². The normalized spacial score (nSPS) is 21.3. The Morgan fingerprint density at radius 3 is 2.70 bits per heavy atom. The molecular weight excluding hydrogens is 341 g/mol. The fourth-order valence-electron chi connectivity index (χ4n) is 2.91. The summed E-state index contributed by atoms with van der Waals surface area (Å²) in [5.41, 5.74) is -0.275. The van der Waals surface area contributed by atoms with E-state index >= 15 is 0 Å². The molecule has 1 saturated heterocycles. The molecule has 1 N–H and O–H groups in total. The summed E-state index contributed by atoms with van der Waals surface area (Å²) >= 11 is 11.8. The summed E-state index contributed by atoms with van der Waals surface area (Å²) in [7, 11) is 1.47. The molecule has 1 aromatic rings. The average Bonchev–Trinajstić information content (AvgIpc) is 2.51. The minimum Gasteiger partial charge on any atom is -0.481 e. The molecule has 1 fully saturated rings. The third kappa shape index (κ3) is 4.16. The van der Waals surface area contributed by atoms with Gasteiger partial charge in [-0.1, -0.05) is 29.3 Å². The predicted octanol–water partition coefficient (Wildman–Crippen LogP) is 2.88. The van der Waals surface area contributed by atoms with E-state index in [4.69, 9.17) is 27.9 Å². The highest BCUT2D eigenvalue weighted by Crippen LogP contribution is 2.31. The molecule has 1 aliphatic rings. The van der Waals surface area contributed by atoms with Crippen molar-refractivity contribution in [2.24, 2.45) is 5.41 Å². The SMILES string of the molecule is COCC1(C(=O)O)CCCN(C(=O)Cc2ccc(Cl)c(Cl)c2)C1. The molecule has 0 bridgehead atoms. The molecule has 5 nitrogen and oxygen atoms in total. The number of hydrogen-bond acceptors (Lipinski definition) is 3. The molecule has 2 rings (SSSR count). The number of halogens is 2. The minimum absolute atomic E-state index is 0.0961. The first-order valence-electron chi connectivity index (χ1n) is 7.32. The maximum Gasteiger partial charge on any atom is 0.313 e. The van der Waals surface area contributed by atoms with Crippen molar-refractivity contribution < 1.29 is 19.4 Å². The molecule has 0 spiro atoms. The Morgan fingerprint density at radius 1 is 1.35 bits per heavy atom. The molecule has 0 aliphatic carbocycles. The third-order valence-electron chi connectivity index (χ3n) is 4.14. The van der Waals surface area contributed by atoms with Gasteiger partial charge in [-0.25, -0.2) is 0 Å². The van der Waals surface area contributed by atoms with Crippen LogP contribution in [0, 0.1) is 5.41 Å². The van der Waals surface area contributed by atoms with Crippen LogP contribution in [0.4, 0.5) is 0 Å². The number of ether oxygens (including phenoxy) is 1. The van der Waals surface area contributed by atoms with Gasteiger partial charge in [-0.3, -0.25) is 9.59 Å². The Balaban J connectivity index is 2.09. The zero-order valence-electron chi connectivity index (χ0n) is 12.8. The van der Waals surface area contributed by atoms with Gasteiger partial charge in [0.05, 0.1) is 23.1 Å². The topological polar surface area (TPSA) is 66.8 Å². The molecule has 0 radical (unpaired) electrons. The van der Waals surface area contributed by atoms with Gasteiger partial charge in [0.1, 0.15) is 5.41 Å².